The highest BCUT2D eigenvalue weighted by molar-refractivity contribution is 9.10. The molecule has 3 aromatic rings. The Labute approximate surface area is 200 Å². The maximum absolute atomic E-state index is 13.2. The third-order valence-corrected chi connectivity index (χ3v) is 6.48. The minimum atomic E-state index is -0.284. The van der Waals surface area contributed by atoms with E-state index in [9.17, 15) is 14.9 Å². The highest BCUT2D eigenvalue weighted by atomic mass is 79.9. The van der Waals surface area contributed by atoms with Gasteiger partial charge in [-0.3, -0.25) is 14.6 Å². The Hall–Kier alpha value is -3.44. The molecule has 1 fully saturated rings. The summed E-state index contributed by atoms with van der Waals surface area (Å²) in [5.41, 5.74) is 1.78. The zero-order chi connectivity index (χ0) is 23.4. The summed E-state index contributed by atoms with van der Waals surface area (Å²) in [4.78, 5) is 29.9. The number of aromatic nitrogens is 1. The molecule has 2 atom stereocenters. The number of halogens is 1. The predicted molar refractivity (Wildman–Crippen MR) is 131 cm³/mol. The molecule has 168 valence electrons. The Bertz CT molecular complexity index is 1250. The molecule has 2 aromatic carbocycles. The van der Waals surface area contributed by atoms with Gasteiger partial charge >= 0.3 is 0 Å². The second-order valence-corrected chi connectivity index (χ2v) is 9.01. The van der Waals surface area contributed by atoms with Gasteiger partial charge in [0.2, 0.25) is 0 Å². The Morgan fingerprint density at radius 1 is 1.06 bits per heavy atom. The molecule has 1 heterocycles. The van der Waals surface area contributed by atoms with Crippen LogP contribution in [-0.4, -0.2) is 35.9 Å². The number of benzene rings is 2. The molecule has 0 spiro atoms. The van der Waals surface area contributed by atoms with Crippen LogP contribution in [0.2, 0.25) is 0 Å². The van der Waals surface area contributed by atoms with E-state index in [0.29, 0.717) is 26.9 Å². The molecule has 8 heteroatoms. The van der Waals surface area contributed by atoms with Gasteiger partial charge in [-0.15, -0.1) is 0 Å². The van der Waals surface area contributed by atoms with Crippen molar-refractivity contribution in [1.82, 2.24) is 15.6 Å². The van der Waals surface area contributed by atoms with E-state index in [2.05, 4.69) is 42.9 Å². The molecule has 7 nitrogen and oxygen atoms in total. The fourth-order valence-electron chi connectivity index (χ4n) is 4.37. The smallest absolute Gasteiger partial charge is 0.253 e. The summed E-state index contributed by atoms with van der Waals surface area (Å²) in [6, 6.07) is 13.0. The highest BCUT2D eigenvalue weighted by Crippen LogP contribution is 2.30. The van der Waals surface area contributed by atoms with Crippen LogP contribution in [0.25, 0.3) is 10.8 Å². The first-order valence-electron chi connectivity index (χ1n) is 10.9. The van der Waals surface area contributed by atoms with E-state index in [-0.39, 0.29) is 23.9 Å². The lowest BCUT2D eigenvalue weighted by atomic mass is 9.89. The number of amides is 2. The van der Waals surface area contributed by atoms with Crippen LogP contribution in [0.1, 0.15) is 52.0 Å². The van der Waals surface area contributed by atoms with Gasteiger partial charge in [0.25, 0.3) is 11.8 Å². The number of carbonyl (C=O) groups excluding carboxylic acids is 2. The van der Waals surface area contributed by atoms with Crippen LogP contribution in [0.3, 0.4) is 0 Å². The first kappa shape index (κ1) is 22.7. The van der Waals surface area contributed by atoms with Gasteiger partial charge in [-0.25, -0.2) is 0 Å². The third-order valence-electron chi connectivity index (χ3n) is 6.02. The molecule has 0 aliphatic heterocycles. The van der Waals surface area contributed by atoms with Crippen LogP contribution in [0.4, 0.5) is 5.69 Å². The summed E-state index contributed by atoms with van der Waals surface area (Å²) >= 11 is 3.38. The average molecular weight is 506 g/mol. The second kappa shape index (κ2) is 10.0. The second-order valence-electron chi connectivity index (χ2n) is 8.09. The Balaban J connectivity index is 1.62. The molecular weight excluding hydrogens is 482 g/mol. The number of hydrogen-bond donors (Lipinski definition) is 3. The summed E-state index contributed by atoms with van der Waals surface area (Å²) in [7, 11) is 1.56. The molecule has 3 N–H and O–H groups in total. The standard InChI is InChI=1S/C25H24BrN5O2/c1-28-24(32)19-11-17(26)10-16(12-27)23(19)30-21-8-4-5-9-22(21)31-25(33)20-14-29-13-15-6-2-3-7-18(15)20/h2-3,6-7,10-11,13-14,21-22,30H,4-5,8-9H2,1H3,(H,28,32)(H,31,33). The Morgan fingerprint density at radius 3 is 2.58 bits per heavy atom. The Kier molecular flexibility index (Phi) is 6.90. The van der Waals surface area contributed by atoms with E-state index in [1.54, 1.807) is 31.6 Å². The normalized spacial score (nSPS) is 17.7. The van der Waals surface area contributed by atoms with Crippen molar-refractivity contribution in [3.63, 3.8) is 0 Å². The lowest BCUT2D eigenvalue weighted by Crippen LogP contribution is -2.49. The van der Waals surface area contributed by atoms with Crippen molar-refractivity contribution in [2.45, 2.75) is 37.8 Å². The number of nitriles is 1. The van der Waals surface area contributed by atoms with Gasteiger partial charge in [0, 0.05) is 41.4 Å². The maximum atomic E-state index is 13.2. The van der Waals surface area contributed by atoms with Crippen molar-refractivity contribution in [2.75, 3.05) is 12.4 Å². The minimum Gasteiger partial charge on any atom is -0.379 e. The molecule has 1 saturated carbocycles. The fourth-order valence-corrected chi connectivity index (χ4v) is 4.83. The molecule has 0 bridgehead atoms. The Morgan fingerprint density at radius 2 is 1.82 bits per heavy atom. The van der Waals surface area contributed by atoms with Crippen LogP contribution in [0, 0.1) is 11.3 Å². The summed E-state index contributed by atoms with van der Waals surface area (Å²) in [5, 5.41) is 20.7. The first-order valence-corrected chi connectivity index (χ1v) is 11.7. The average Bonchev–Trinajstić information content (AvgIpc) is 2.84. The SMILES string of the molecule is CNC(=O)c1cc(Br)cc(C#N)c1NC1CCCCC1NC(=O)c1cncc2ccccc12. The van der Waals surface area contributed by atoms with Crippen molar-refractivity contribution in [3.8, 4) is 6.07 Å². The van der Waals surface area contributed by atoms with Crippen molar-refractivity contribution < 1.29 is 9.59 Å². The maximum Gasteiger partial charge on any atom is 0.253 e. The minimum absolute atomic E-state index is 0.123. The zero-order valence-corrected chi connectivity index (χ0v) is 19.8. The topological polar surface area (TPSA) is 107 Å². The summed E-state index contributed by atoms with van der Waals surface area (Å²) in [6.45, 7) is 0. The summed E-state index contributed by atoms with van der Waals surface area (Å²) in [5.74, 6) is -0.464. The molecule has 1 aliphatic rings. The van der Waals surface area contributed by atoms with Crippen LogP contribution in [-0.2, 0) is 0 Å². The zero-order valence-electron chi connectivity index (χ0n) is 18.2. The van der Waals surface area contributed by atoms with Gasteiger partial charge in [0.1, 0.15) is 6.07 Å². The van der Waals surface area contributed by atoms with Crippen molar-refractivity contribution in [3.05, 3.63) is 70.0 Å². The van der Waals surface area contributed by atoms with Crippen LogP contribution in [0.15, 0.2) is 53.3 Å². The number of carbonyl (C=O) groups is 2. The van der Waals surface area contributed by atoms with Gasteiger partial charge < -0.3 is 16.0 Å². The molecule has 2 amide bonds. The van der Waals surface area contributed by atoms with Crippen molar-refractivity contribution >= 4 is 44.2 Å². The quantitative estimate of drug-likeness (QED) is 0.476. The molecule has 0 saturated heterocycles. The highest BCUT2D eigenvalue weighted by Gasteiger charge is 2.29. The van der Waals surface area contributed by atoms with Crippen LogP contribution in [0.5, 0.6) is 0 Å². The number of rotatable bonds is 5. The number of nitrogens with zero attached hydrogens (tertiary/aromatic N) is 2. The molecular formula is C25H24BrN5O2. The number of fused-ring (bicyclic) bond motifs is 1. The number of nitrogens with one attached hydrogen (secondary N) is 3. The van der Waals surface area contributed by atoms with Crippen LogP contribution >= 0.6 is 15.9 Å². The van der Waals surface area contributed by atoms with E-state index in [1.807, 2.05) is 24.3 Å². The van der Waals surface area contributed by atoms with Crippen molar-refractivity contribution in [2.24, 2.45) is 0 Å². The van der Waals surface area contributed by atoms with Gasteiger partial charge in [0.15, 0.2) is 0 Å². The van der Waals surface area contributed by atoms with E-state index >= 15 is 0 Å². The molecule has 1 aromatic heterocycles. The fraction of sp³-hybridized carbons (Fsp3) is 0.280. The third kappa shape index (κ3) is 4.83. The largest absolute Gasteiger partial charge is 0.379 e. The van der Waals surface area contributed by atoms with Gasteiger partial charge in [-0.05, 0) is 30.4 Å². The summed E-state index contributed by atoms with van der Waals surface area (Å²) in [6.07, 6.45) is 6.93. The first-order chi connectivity index (χ1) is 16.0. The van der Waals surface area contributed by atoms with Gasteiger partial charge in [0.05, 0.1) is 22.4 Å². The number of anilines is 1. The molecule has 0 radical (unpaired) electrons. The number of pyridine rings is 1. The number of hydrogen-bond acceptors (Lipinski definition) is 5. The van der Waals surface area contributed by atoms with E-state index in [1.165, 1.54) is 0 Å². The molecule has 1 aliphatic carbocycles. The van der Waals surface area contributed by atoms with Gasteiger partial charge in [-0.1, -0.05) is 53.0 Å². The predicted octanol–water partition coefficient (Wildman–Crippen LogP) is 4.38. The molecule has 4 rings (SSSR count). The lowest BCUT2D eigenvalue weighted by Gasteiger charge is -2.34. The van der Waals surface area contributed by atoms with Crippen molar-refractivity contribution in [1.29, 1.82) is 5.26 Å². The monoisotopic (exact) mass is 505 g/mol. The molecule has 33 heavy (non-hydrogen) atoms. The van der Waals surface area contributed by atoms with E-state index in [0.717, 1.165) is 36.5 Å². The van der Waals surface area contributed by atoms with Gasteiger partial charge in [-0.2, -0.15) is 5.26 Å². The lowest BCUT2D eigenvalue weighted by molar-refractivity contribution is 0.0922. The summed E-state index contributed by atoms with van der Waals surface area (Å²) < 4.78 is 0.653. The van der Waals surface area contributed by atoms with Crippen LogP contribution < -0.4 is 16.0 Å². The van der Waals surface area contributed by atoms with E-state index in [4.69, 9.17) is 0 Å². The van der Waals surface area contributed by atoms with E-state index < -0.39 is 0 Å². The molecule has 2 unspecified atom stereocenters.